The summed E-state index contributed by atoms with van der Waals surface area (Å²) < 4.78 is 12.6. The standard InChI is InChI=1S/C20H27N3O3/c1-5-11-23-15-18(21-22-23)17-8-6-7-16(14-17)9-12-25-13-10-19(24)26-20(2,3)4/h5-8,14-15H,1,9-13H2,2-4H3. The summed E-state index contributed by atoms with van der Waals surface area (Å²) in [6.07, 6.45) is 4.72. The highest BCUT2D eigenvalue weighted by Crippen LogP contribution is 2.18. The first-order chi connectivity index (χ1) is 12.4. The minimum absolute atomic E-state index is 0.234. The Morgan fingerprint density at radius 3 is 2.85 bits per heavy atom. The molecule has 0 atom stereocenters. The Balaban J connectivity index is 1.78. The van der Waals surface area contributed by atoms with Gasteiger partial charge in [0, 0.05) is 5.56 Å². The van der Waals surface area contributed by atoms with E-state index >= 15 is 0 Å². The molecule has 1 aromatic heterocycles. The first-order valence-corrected chi connectivity index (χ1v) is 8.77. The van der Waals surface area contributed by atoms with Crippen LogP contribution in [0.5, 0.6) is 0 Å². The molecule has 0 aliphatic carbocycles. The minimum atomic E-state index is -0.453. The summed E-state index contributed by atoms with van der Waals surface area (Å²) >= 11 is 0. The normalized spacial score (nSPS) is 11.3. The number of aromatic nitrogens is 3. The lowest BCUT2D eigenvalue weighted by Crippen LogP contribution is -2.24. The van der Waals surface area contributed by atoms with Crippen LogP contribution in [0.15, 0.2) is 43.1 Å². The van der Waals surface area contributed by atoms with Gasteiger partial charge in [-0.1, -0.05) is 29.5 Å². The van der Waals surface area contributed by atoms with Crippen LogP contribution in [0.1, 0.15) is 32.8 Å². The van der Waals surface area contributed by atoms with Crippen molar-refractivity contribution < 1.29 is 14.3 Å². The molecular formula is C20H27N3O3. The predicted octanol–water partition coefficient (Wildman–Crippen LogP) is 3.42. The second-order valence-electron chi connectivity index (χ2n) is 7.01. The zero-order valence-electron chi connectivity index (χ0n) is 15.8. The Labute approximate surface area is 154 Å². The molecule has 0 unspecified atom stereocenters. The summed E-state index contributed by atoms with van der Waals surface area (Å²) in [7, 11) is 0. The van der Waals surface area contributed by atoms with Crippen molar-refractivity contribution in [3.05, 3.63) is 48.7 Å². The Morgan fingerprint density at radius 2 is 2.12 bits per heavy atom. The summed E-state index contributed by atoms with van der Waals surface area (Å²) in [6, 6.07) is 8.14. The van der Waals surface area contributed by atoms with Gasteiger partial charge in [-0.15, -0.1) is 11.7 Å². The molecule has 0 radical (unpaired) electrons. The van der Waals surface area contributed by atoms with Gasteiger partial charge in [0.25, 0.3) is 0 Å². The Morgan fingerprint density at radius 1 is 1.31 bits per heavy atom. The third kappa shape index (κ3) is 6.80. The molecule has 0 bridgehead atoms. The fourth-order valence-electron chi connectivity index (χ4n) is 2.38. The number of carbonyl (C=O) groups is 1. The average Bonchev–Trinajstić information content (AvgIpc) is 3.02. The maximum absolute atomic E-state index is 11.6. The van der Waals surface area contributed by atoms with Gasteiger partial charge in [-0.2, -0.15) is 0 Å². The van der Waals surface area contributed by atoms with Crippen molar-refractivity contribution in [2.24, 2.45) is 0 Å². The number of esters is 1. The second-order valence-corrected chi connectivity index (χ2v) is 7.01. The SMILES string of the molecule is C=CCn1cc(-c2cccc(CCOCCC(=O)OC(C)(C)C)c2)nn1. The molecule has 140 valence electrons. The lowest BCUT2D eigenvalue weighted by Gasteiger charge is -2.19. The largest absolute Gasteiger partial charge is 0.460 e. The van der Waals surface area contributed by atoms with Crippen molar-refractivity contribution in [2.75, 3.05) is 13.2 Å². The van der Waals surface area contributed by atoms with E-state index in [0.717, 1.165) is 23.2 Å². The van der Waals surface area contributed by atoms with Gasteiger partial charge in [0.1, 0.15) is 11.3 Å². The number of hydrogen-bond acceptors (Lipinski definition) is 5. The van der Waals surface area contributed by atoms with E-state index < -0.39 is 5.60 Å². The zero-order chi connectivity index (χ0) is 19.0. The average molecular weight is 357 g/mol. The van der Waals surface area contributed by atoms with Gasteiger partial charge in [0.15, 0.2) is 0 Å². The molecule has 0 saturated carbocycles. The minimum Gasteiger partial charge on any atom is -0.460 e. The van der Waals surface area contributed by atoms with Crippen LogP contribution in [-0.2, 0) is 27.2 Å². The highest BCUT2D eigenvalue weighted by molar-refractivity contribution is 5.69. The van der Waals surface area contributed by atoms with Gasteiger partial charge in [0.05, 0.1) is 32.4 Å². The van der Waals surface area contributed by atoms with Gasteiger partial charge < -0.3 is 9.47 Å². The summed E-state index contributed by atoms with van der Waals surface area (Å²) in [5.74, 6) is -0.234. The summed E-state index contributed by atoms with van der Waals surface area (Å²) in [4.78, 5) is 11.6. The molecule has 0 fully saturated rings. The highest BCUT2D eigenvalue weighted by atomic mass is 16.6. The summed E-state index contributed by atoms with van der Waals surface area (Å²) in [5, 5.41) is 8.25. The van der Waals surface area contributed by atoms with Crippen molar-refractivity contribution in [1.29, 1.82) is 0 Å². The van der Waals surface area contributed by atoms with E-state index in [2.05, 4.69) is 29.0 Å². The molecule has 2 rings (SSSR count). The van der Waals surface area contributed by atoms with Gasteiger partial charge in [0.2, 0.25) is 0 Å². The predicted molar refractivity (Wildman–Crippen MR) is 101 cm³/mol. The lowest BCUT2D eigenvalue weighted by molar-refractivity contribution is -0.156. The molecule has 26 heavy (non-hydrogen) atoms. The van der Waals surface area contributed by atoms with E-state index in [0.29, 0.717) is 19.8 Å². The van der Waals surface area contributed by atoms with Crippen LogP contribution in [0.2, 0.25) is 0 Å². The number of ether oxygens (including phenoxy) is 2. The van der Waals surface area contributed by atoms with Crippen molar-refractivity contribution in [3.8, 4) is 11.3 Å². The number of rotatable bonds is 9. The molecule has 6 nitrogen and oxygen atoms in total. The zero-order valence-corrected chi connectivity index (χ0v) is 15.8. The first-order valence-electron chi connectivity index (χ1n) is 8.77. The molecule has 1 aromatic carbocycles. The van der Waals surface area contributed by atoms with Gasteiger partial charge in [-0.05, 0) is 38.8 Å². The first kappa shape index (κ1) is 19.8. The molecule has 0 N–H and O–H groups in total. The topological polar surface area (TPSA) is 66.2 Å². The van der Waals surface area contributed by atoms with Crippen LogP contribution >= 0.6 is 0 Å². The highest BCUT2D eigenvalue weighted by Gasteiger charge is 2.15. The van der Waals surface area contributed by atoms with E-state index in [4.69, 9.17) is 9.47 Å². The molecular weight excluding hydrogens is 330 g/mol. The number of nitrogens with zero attached hydrogens (tertiary/aromatic N) is 3. The molecule has 0 amide bonds. The van der Waals surface area contributed by atoms with Crippen molar-refractivity contribution in [1.82, 2.24) is 15.0 Å². The quantitative estimate of drug-likeness (QED) is 0.391. The Kier molecular flexibility index (Phi) is 7.09. The third-order valence-electron chi connectivity index (χ3n) is 3.48. The van der Waals surface area contributed by atoms with Crippen LogP contribution in [0, 0.1) is 0 Å². The van der Waals surface area contributed by atoms with Crippen LogP contribution in [0.25, 0.3) is 11.3 Å². The Hall–Kier alpha value is -2.47. The molecule has 6 heteroatoms. The molecule has 0 spiro atoms. The van der Waals surface area contributed by atoms with Crippen LogP contribution in [0.3, 0.4) is 0 Å². The molecule has 0 aliphatic heterocycles. The number of carbonyl (C=O) groups excluding carboxylic acids is 1. The molecule has 2 aromatic rings. The third-order valence-corrected chi connectivity index (χ3v) is 3.48. The lowest BCUT2D eigenvalue weighted by atomic mass is 10.1. The van der Waals surface area contributed by atoms with Gasteiger partial charge in [-0.3, -0.25) is 4.79 Å². The number of hydrogen-bond donors (Lipinski definition) is 0. The fourth-order valence-corrected chi connectivity index (χ4v) is 2.38. The number of benzene rings is 1. The van der Waals surface area contributed by atoms with Crippen molar-refractivity contribution in [2.45, 2.75) is 45.8 Å². The van der Waals surface area contributed by atoms with E-state index in [9.17, 15) is 4.79 Å². The monoisotopic (exact) mass is 357 g/mol. The fraction of sp³-hybridized carbons (Fsp3) is 0.450. The smallest absolute Gasteiger partial charge is 0.308 e. The van der Waals surface area contributed by atoms with Crippen LogP contribution in [-0.4, -0.2) is 39.8 Å². The second kappa shape index (κ2) is 9.29. The van der Waals surface area contributed by atoms with E-state index in [1.807, 2.05) is 39.1 Å². The van der Waals surface area contributed by atoms with E-state index in [-0.39, 0.29) is 12.4 Å². The van der Waals surface area contributed by atoms with E-state index in [1.165, 1.54) is 0 Å². The van der Waals surface area contributed by atoms with Gasteiger partial charge in [-0.25, -0.2) is 4.68 Å². The van der Waals surface area contributed by atoms with Gasteiger partial charge >= 0.3 is 5.97 Å². The van der Waals surface area contributed by atoms with Crippen LogP contribution in [0.4, 0.5) is 0 Å². The van der Waals surface area contributed by atoms with E-state index in [1.54, 1.807) is 10.8 Å². The van der Waals surface area contributed by atoms with Crippen molar-refractivity contribution in [3.63, 3.8) is 0 Å². The summed E-state index contributed by atoms with van der Waals surface area (Å²) in [5.41, 5.74) is 2.55. The molecule has 0 saturated heterocycles. The maximum atomic E-state index is 11.6. The molecule has 1 heterocycles. The van der Waals surface area contributed by atoms with Crippen molar-refractivity contribution >= 4 is 5.97 Å². The van der Waals surface area contributed by atoms with Crippen LogP contribution < -0.4 is 0 Å². The molecule has 0 aliphatic rings. The Bertz CT molecular complexity index is 732. The summed E-state index contributed by atoms with van der Waals surface area (Å²) in [6.45, 7) is 10.8. The maximum Gasteiger partial charge on any atom is 0.308 e. The number of allylic oxidation sites excluding steroid dienone is 1.